The summed E-state index contributed by atoms with van der Waals surface area (Å²) in [5.74, 6) is -4.74. The van der Waals surface area contributed by atoms with Gasteiger partial charge in [-0.25, -0.2) is 4.79 Å². The van der Waals surface area contributed by atoms with Crippen molar-refractivity contribution in [2.45, 2.75) is 57.0 Å². The predicted octanol–water partition coefficient (Wildman–Crippen LogP) is 2.28. The summed E-state index contributed by atoms with van der Waals surface area (Å²) in [6.45, 7) is 3.53. The van der Waals surface area contributed by atoms with Gasteiger partial charge in [-0.3, -0.25) is 14.4 Å². The molecule has 2 rings (SSSR count). The van der Waals surface area contributed by atoms with Crippen LogP contribution >= 0.6 is 0 Å². The Morgan fingerprint density at radius 1 is 0.839 bits per heavy atom. The van der Waals surface area contributed by atoms with Crippen LogP contribution in [-0.4, -0.2) is 74.3 Å². The molecule has 0 radical (unpaired) electrons. The van der Waals surface area contributed by atoms with Gasteiger partial charge in [-0.2, -0.15) is 0 Å². The Morgan fingerprint density at radius 2 is 1.35 bits per heavy atom. The Balaban J connectivity index is 0.000000330. The molecule has 4 N–H and O–H groups in total. The predicted molar refractivity (Wildman–Crippen MR) is 112 cm³/mol. The highest BCUT2D eigenvalue weighted by atomic mass is 16.4. The zero-order valence-electron chi connectivity index (χ0n) is 17.5. The molecule has 9 nitrogen and oxygen atoms in total. The average Bonchev–Trinajstić information content (AvgIpc) is 2.96. The number of rotatable bonds is 10. The molecule has 0 amide bonds. The van der Waals surface area contributed by atoms with E-state index in [9.17, 15) is 19.2 Å². The summed E-state index contributed by atoms with van der Waals surface area (Å²) < 4.78 is 0. The lowest BCUT2D eigenvalue weighted by molar-refractivity contribution is -0.170. The van der Waals surface area contributed by atoms with E-state index >= 15 is 0 Å². The fraction of sp³-hybridized carbons (Fsp3) is 0.545. The van der Waals surface area contributed by atoms with Crippen LogP contribution in [0.2, 0.25) is 0 Å². The SMILES string of the molecule is O=C(CCCN1CCCCCC1)c1ccccc1.O=C(O)CC(O)(CC(=O)O)C(=O)O. The van der Waals surface area contributed by atoms with E-state index in [2.05, 4.69) is 4.90 Å². The normalized spacial score (nSPS) is 14.6. The summed E-state index contributed by atoms with van der Waals surface area (Å²) in [5.41, 5.74) is -1.88. The molecule has 31 heavy (non-hydrogen) atoms. The molecule has 1 aromatic rings. The van der Waals surface area contributed by atoms with Crippen molar-refractivity contribution in [1.82, 2.24) is 4.90 Å². The molecule has 1 aromatic carbocycles. The molecule has 0 atom stereocenters. The fourth-order valence-electron chi connectivity index (χ4n) is 3.31. The van der Waals surface area contributed by atoms with E-state index in [0.29, 0.717) is 6.42 Å². The van der Waals surface area contributed by atoms with Crippen LogP contribution in [0, 0.1) is 0 Å². The first kappa shape index (κ1) is 26.3. The van der Waals surface area contributed by atoms with Gasteiger partial charge in [-0.15, -0.1) is 0 Å². The van der Waals surface area contributed by atoms with E-state index in [1.54, 1.807) is 0 Å². The Morgan fingerprint density at radius 3 is 1.81 bits per heavy atom. The van der Waals surface area contributed by atoms with Crippen molar-refractivity contribution in [1.29, 1.82) is 0 Å². The largest absolute Gasteiger partial charge is 0.481 e. The Labute approximate surface area is 181 Å². The molecule has 1 fully saturated rings. The van der Waals surface area contributed by atoms with Crippen LogP contribution in [0.15, 0.2) is 30.3 Å². The number of likely N-dealkylation sites (tertiary alicyclic amines) is 1. The molecule has 0 saturated carbocycles. The molecular formula is C22H31NO8. The monoisotopic (exact) mass is 437 g/mol. The number of carbonyl (C=O) groups is 4. The van der Waals surface area contributed by atoms with Crippen LogP contribution in [0.1, 0.15) is 61.7 Å². The van der Waals surface area contributed by atoms with Crippen LogP contribution in [0.5, 0.6) is 0 Å². The second-order valence-corrected chi connectivity index (χ2v) is 7.63. The van der Waals surface area contributed by atoms with Crippen molar-refractivity contribution in [3.05, 3.63) is 35.9 Å². The Bertz CT molecular complexity index is 710. The van der Waals surface area contributed by atoms with Crippen molar-refractivity contribution >= 4 is 23.7 Å². The van der Waals surface area contributed by atoms with Gasteiger partial charge >= 0.3 is 17.9 Å². The number of benzene rings is 1. The topological polar surface area (TPSA) is 152 Å². The number of carbonyl (C=O) groups excluding carboxylic acids is 1. The lowest BCUT2D eigenvalue weighted by atomic mass is 9.96. The first-order chi connectivity index (χ1) is 14.6. The number of hydrogen-bond donors (Lipinski definition) is 4. The van der Waals surface area contributed by atoms with E-state index in [1.807, 2.05) is 30.3 Å². The molecule has 1 heterocycles. The molecule has 0 aromatic heterocycles. The number of nitrogens with zero attached hydrogens (tertiary/aromatic N) is 1. The van der Waals surface area contributed by atoms with Crippen molar-refractivity contribution in [2.24, 2.45) is 0 Å². The first-order valence-electron chi connectivity index (χ1n) is 10.3. The molecular weight excluding hydrogens is 406 g/mol. The summed E-state index contributed by atoms with van der Waals surface area (Å²) in [5, 5.41) is 33.8. The maximum atomic E-state index is 11.9. The second-order valence-electron chi connectivity index (χ2n) is 7.63. The number of aliphatic hydroxyl groups is 1. The molecule has 1 aliphatic heterocycles. The summed E-state index contributed by atoms with van der Waals surface area (Å²) in [6, 6.07) is 9.64. The van der Waals surface area contributed by atoms with Gasteiger partial charge in [0.15, 0.2) is 11.4 Å². The van der Waals surface area contributed by atoms with Gasteiger partial charge in [0.2, 0.25) is 0 Å². The smallest absolute Gasteiger partial charge is 0.336 e. The van der Waals surface area contributed by atoms with E-state index < -0.39 is 36.4 Å². The van der Waals surface area contributed by atoms with E-state index in [1.165, 1.54) is 38.8 Å². The standard InChI is InChI=1S/C16H23NO.C6H8O7/c18-16(15-9-4-3-5-10-15)11-8-14-17-12-6-1-2-7-13-17;7-3(8)1-6(13,5(11)12)2-4(9)10/h3-5,9-10H,1-2,6-8,11-14H2;13H,1-2H2,(H,7,8)(H,9,10)(H,11,12). The number of Topliss-reactive ketones (excluding diaryl/α,β-unsaturated/α-hetero) is 1. The highest BCUT2D eigenvalue weighted by Crippen LogP contribution is 2.15. The Kier molecular flexibility index (Phi) is 11.4. The zero-order chi connectivity index (χ0) is 23.3. The highest BCUT2D eigenvalue weighted by molar-refractivity contribution is 5.95. The average molecular weight is 437 g/mol. The van der Waals surface area contributed by atoms with Gasteiger partial charge in [0.25, 0.3) is 0 Å². The van der Waals surface area contributed by atoms with Crippen molar-refractivity contribution < 1.29 is 39.6 Å². The molecule has 0 aliphatic carbocycles. The van der Waals surface area contributed by atoms with Crippen LogP contribution < -0.4 is 0 Å². The fourth-order valence-corrected chi connectivity index (χ4v) is 3.31. The molecule has 172 valence electrons. The van der Waals surface area contributed by atoms with Gasteiger partial charge in [0.05, 0.1) is 12.8 Å². The maximum absolute atomic E-state index is 11.9. The van der Waals surface area contributed by atoms with Crippen LogP contribution in [0.4, 0.5) is 0 Å². The van der Waals surface area contributed by atoms with Crippen molar-refractivity contribution in [3.63, 3.8) is 0 Å². The minimum Gasteiger partial charge on any atom is -0.481 e. The number of aliphatic carboxylic acids is 3. The summed E-state index contributed by atoms with van der Waals surface area (Å²) >= 11 is 0. The molecule has 0 bridgehead atoms. The minimum absolute atomic E-state index is 0.283. The summed E-state index contributed by atoms with van der Waals surface area (Å²) in [4.78, 5) is 44.9. The molecule has 1 aliphatic rings. The lowest BCUT2D eigenvalue weighted by Gasteiger charge is -2.19. The third-order valence-electron chi connectivity index (χ3n) is 4.96. The Hall–Kier alpha value is -2.78. The molecule has 0 spiro atoms. The number of hydrogen-bond acceptors (Lipinski definition) is 6. The van der Waals surface area contributed by atoms with Crippen molar-refractivity contribution in [2.75, 3.05) is 19.6 Å². The van der Waals surface area contributed by atoms with Crippen LogP contribution in [-0.2, 0) is 14.4 Å². The van der Waals surface area contributed by atoms with Crippen molar-refractivity contribution in [3.8, 4) is 0 Å². The number of carboxylic acids is 3. The zero-order valence-corrected chi connectivity index (χ0v) is 17.5. The number of ketones is 1. The quantitative estimate of drug-likeness (QED) is 0.404. The van der Waals surface area contributed by atoms with Gasteiger partial charge in [0, 0.05) is 12.0 Å². The third kappa shape index (κ3) is 10.7. The number of carboxylic acid groups (broad SMARTS) is 3. The van der Waals surface area contributed by atoms with Crippen LogP contribution in [0.3, 0.4) is 0 Å². The van der Waals surface area contributed by atoms with Gasteiger partial charge in [-0.05, 0) is 38.9 Å². The van der Waals surface area contributed by atoms with Gasteiger partial charge in [-0.1, -0.05) is 43.2 Å². The lowest BCUT2D eigenvalue weighted by Crippen LogP contribution is -2.42. The summed E-state index contributed by atoms with van der Waals surface area (Å²) in [7, 11) is 0. The first-order valence-corrected chi connectivity index (χ1v) is 10.3. The van der Waals surface area contributed by atoms with Gasteiger partial charge in [0.1, 0.15) is 0 Å². The molecule has 1 saturated heterocycles. The highest BCUT2D eigenvalue weighted by Gasteiger charge is 2.40. The summed E-state index contributed by atoms with van der Waals surface area (Å²) in [6.07, 6.45) is 4.79. The second kappa shape index (κ2) is 13.5. The van der Waals surface area contributed by atoms with E-state index in [-0.39, 0.29) is 5.78 Å². The molecule has 9 heteroatoms. The van der Waals surface area contributed by atoms with E-state index in [0.717, 1.165) is 18.5 Å². The third-order valence-corrected chi connectivity index (χ3v) is 4.96. The van der Waals surface area contributed by atoms with E-state index in [4.69, 9.17) is 20.4 Å². The minimum atomic E-state index is -2.74. The van der Waals surface area contributed by atoms with Crippen LogP contribution in [0.25, 0.3) is 0 Å². The van der Waals surface area contributed by atoms with Gasteiger partial charge < -0.3 is 25.3 Å². The molecule has 0 unspecified atom stereocenters. The maximum Gasteiger partial charge on any atom is 0.336 e.